The molecule has 0 saturated heterocycles. The number of carbonyl (C=O) groups is 2. The Bertz CT molecular complexity index is 1350. The summed E-state index contributed by atoms with van der Waals surface area (Å²) in [6.07, 6.45) is 0. The van der Waals surface area contributed by atoms with E-state index < -0.39 is 24.1 Å². The fourth-order valence-corrected chi connectivity index (χ4v) is 4.16. The van der Waals surface area contributed by atoms with Gasteiger partial charge in [0.2, 0.25) is 5.67 Å². The Morgan fingerprint density at radius 2 is 1.67 bits per heavy atom. The summed E-state index contributed by atoms with van der Waals surface area (Å²) in [5, 5.41) is 12.7. The van der Waals surface area contributed by atoms with Gasteiger partial charge in [-0.1, -0.05) is 76.6 Å². The molecule has 1 heterocycles. The molecule has 0 spiro atoms. The molecular formula is C26H20BrFN2O3. The number of carbonyl (C=O) groups excluding carboxylic acids is 1. The topological polar surface area (TPSA) is 79.3 Å². The van der Waals surface area contributed by atoms with Crippen LogP contribution in [0.15, 0.2) is 83.3 Å². The lowest BCUT2D eigenvalue weighted by atomic mass is 9.94. The summed E-state index contributed by atoms with van der Waals surface area (Å²) in [6.45, 7) is 1.06. The molecule has 33 heavy (non-hydrogen) atoms. The van der Waals surface area contributed by atoms with E-state index in [1.54, 1.807) is 37.3 Å². The molecular weight excluding hydrogens is 487 g/mol. The number of carboxylic acids is 1. The second-order valence-corrected chi connectivity index (χ2v) is 8.56. The van der Waals surface area contributed by atoms with Gasteiger partial charge in [-0.2, -0.15) is 0 Å². The quantitative estimate of drug-likeness (QED) is 0.354. The predicted octanol–water partition coefficient (Wildman–Crippen LogP) is 5.65. The summed E-state index contributed by atoms with van der Waals surface area (Å²) in [4.78, 5) is 29.9. The number of nitrogens with one attached hydrogen (secondary N) is 1. The number of pyridine rings is 1. The van der Waals surface area contributed by atoms with Crippen LogP contribution >= 0.6 is 15.9 Å². The highest BCUT2D eigenvalue weighted by molar-refractivity contribution is 9.10. The van der Waals surface area contributed by atoms with Crippen LogP contribution in [-0.2, 0) is 10.5 Å². The van der Waals surface area contributed by atoms with E-state index in [-0.39, 0.29) is 5.56 Å². The summed E-state index contributed by atoms with van der Waals surface area (Å²) < 4.78 is 16.3. The smallest absolute Gasteiger partial charge is 0.348 e. The number of carboxylic acid groups (broad SMARTS) is 1. The molecule has 4 rings (SSSR count). The number of fused-ring (bicyclic) bond motifs is 1. The van der Waals surface area contributed by atoms with Crippen LogP contribution in [0.25, 0.3) is 22.2 Å². The highest BCUT2D eigenvalue weighted by Crippen LogP contribution is 2.32. The number of halogens is 2. The van der Waals surface area contributed by atoms with Crippen molar-refractivity contribution in [3.05, 3.63) is 100 Å². The fraction of sp³-hybridized carbons (Fsp3) is 0.115. The van der Waals surface area contributed by atoms with E-state index >= 15 is 4.39 Å². The molecule has 2 N–H and O–H groups in total. The normalized spacial score (nSPS) is 12.8. The third-order valence-electron chi connectivity index (χ3n) is 5.53. The van der Waals surface area contributed by atoms with Crippen molar-refractivity contribution in [1.82, 2.24) is 10.3 Å². The minimum atomic E-state index is -2.77. The van der Waals surface area contributed by atoms with E-state index in [9.17, 15) is 14.7 Å². The highest BCUT2D eigenvalue weighted by atomic mass is 79.9. The Morgan fingerprint density at radius 1 is 1.03 bits per heavy atom. The van der Waals surface area contributed by atoms with Crippen molar-refractivity contribution in [2.24, 2.45) is 0 Å². The Balaban J connectivity index is 1.78. The molecule has 0 saturated carbocycles. The van der Waals surface area contributed by atoms with Gasteiger partial charge in [-0.25, -0.2) is 14.2 Å². The van der Waals surface area contributed by atoms with Crippen molar-refractivity contribution in [3.63, 3.8) is 0 Å². The maximum Gasteiger partial charge on any atom is 0.348 e. The molecule has 3 aromatic carbocycles. The van der Waals surface area contributed by atoms with Gasteiger partial charge in [0, 0.05) is 21.0 Å². The average molecular weight is 507 g/mol. The molecule has 0 bridgehead atoms. The van der Waals surface area contributed by atoms with E-state index in [2.05, 4.69) is 21.2 Å². The largest absolute Gasteiger partial charge is 0.479 e. The lowest BCUT2D eigenvalue weighted by molar-refractivity contribution is -0.151. The SMILES string of the molecule is Cc1c(-c2ccccc2)nc2ccc(Br)cc2c1C(=O)NC[C@@](F)(C(=O)O)c1ccccc1. The first-order valence-electron chi connectivity index (χ1n) is 10.2. The van der Waals surface area contributed by atoms with Crippen LogP contribution in [0.1, 0.15) is 21.5 Å². The van der Waals surface area contributed by atoms with Crippen molar-refractivity contribution >= 4 is 38.7 Å². The predicted molar refractivity (Wildman–Crippen MR) is 129 cm³/mol. The Kier molecular flexibility index (Phi) is 6.24. The first-order valence-corrected chi connectivity index (χ1v) is 11.0. The van der Waals surface area contributed by atoms with Gasteiger partial charge in [0.05, 0.1) is 23.3 Å². The number of aromatic nitrogens is 1. The van der Waals surface area contributed by atoms with Crippen LogP contribution in [0.3, 0.4) is 0 Å². The number of aliphatic carboxylic acids is 1. The number of hydrogen-bond acceptors (Lipinski definition) is 3. The standard InChI is InChI=1S/C26H20BrFN2O3/c1-16-22(24(31)29-15-26(28,25(32)33)18-10-6-3-7-11-18)20-14-19(27)12-13-21(20)30-23(16)17-8-4-2-5-9-17/h2-14H,15H2,1H3,(H,29,31)(H,32,33)/t26-/m0/s1. The maximum absolute atomic E-state index is 15.5. The first kappa shape index (κ1) is 22.6. The highest BCUT2D eigenvalue weighted by Gasteiger charge is 2.41. The third-order valence-corrected chi connectivity index (χ3v) is 6.02. The maximum atomic E-state index is 15.5. The van der Waals surface area contributed by atoms with Crippen LogP contribution in [0.4, 0.5) is 4.39 Å². The summed E-state index contributed by atoms with van der Waals surface area (Å²) in [5.41, 5.74) is 0.190. The van der Waals surface area contributed by atoms with Crippen LogP contribution in [0, 0.1) is 6.92 Å². The molecule has 1 aromatic heterocycles. The van der Waals surface area contributed by atoms with Crippen molar-refractivity contribution in [3.8, 4) is 11.3 Å². The van der Waals surface area contributed by atoms with Crippen molar-refractivity contribution in [2.75, 3.05) is 6.54 Å². The molecule has 4 aromatic rings. The summed E-state index contributed by atoms with van der Waals surface area (Å²) >= 11 is 3.43. The van der Waals surface area contributed by atoms with Gasteiger partial charge in [0.1, 0.15) is 0 Å². The number of nitrogens with zero attached hydrogens (tertiary/aromatic N) is 1. The molecule has 1 amide bonds. The van der Waals surface area contributed by atoms with E-state index in [1.807, 2.05) is 36.4 Å². The number of benzene rings is 3. The zero-order valence-electron chi connectivity index (χ0n) is 17.7. The molecule has 0 aliphatic rings. The molecule has 0 radical (unpaired) electrons. The number of rotatable bonds is 6. The zero-order valence-corrected chi connectivity index (χ0v) is 19.3. The van der Waals surface area contributed by atoms with Gasteiger partial charge in [-0.05, 0) is 30.7 Å². The Hall–Kier alpha value is -3.58. The molecule has 0 aliphatic carbocycles. The molecule has 0 fully saturated rings. The van der Waals surface area contributed by atoms with Crippen LogP contribution in [0.5, 0.6) is 0 Å². The molecule has 5 nitrogen and oxygen atoms in total. The first-order chi connectivity index (χ1) is 15.8. The monoisotopic (exact) mass is 506 g/mol. The van der Waals surface area contributed by atoms with E-state index in [4.69, 9.17) is 4.98 Å². The van der Waals surface area contributed by atoms with Crippen molar-refractivity contribution in [2.45, 2.75) is 12.6 Å². The van der Waals surface area contributed by atoms with Crippen molar-refractivity contribution < 1.29 is 19.1 Å². The van der Waals surface area contributed by atoms with Crippen LogP contribution in [-0.4, -0.2) is 28.5 Å². The van der Waals surface area contributed by atoms with Gasteiger partial charge < -0.3 is 10.4 Å². The second-order valence-electron chi connectivity index (χ2n) is 7.64. The molecule has 7 heteroatoms. The number of hydrogen-bond donors (Lipinski definition) is 2. The number of amides is 1. The van der Waals surface area contributed by atoms with Gasteiger partial charge in [0.25, 0.3) is 5.91 Å². The van der Waals surface area contributed by atoms with Crippen molar-refractivity contribution in [1.29, 1.82) is 0 Å². The molecule has 1 atom stereocenters. The third kappa shape index (κ3) is 4.36. The lowest BCUT2D eigenvalue weighted by Crippen LogP contribution is -2.43. The minimum absolute atomic E-state index is 0.0400. The number of alkyl halides is 1. The fourth-order valence-electron chi connectivity index (χ4n) is 3.79. The van der Waals surface area contributed by atoms with E-state index in [0.717, 1.165) is 10.0 Å². The minimum Gasteiger partial charge on any atom is -0.479 e. The van der Waals surface area contributed by atoms with E-state index in [0.29, 0.717) is 27.7 Å². The van der Waals surface area contributed by atoms with Gasteiger partial charge in [-0.15, -0.1) is 0 Å². The summed E-state index contributed by atoms with van der Waals surface area (Å²) in [7, 11) is 0. The molecule has 166 valence electrons. The Morgan fingerprint density at radius 3 is 2.30 bits per heavy atom. The second kappa shape index (κ2) is 9.11. The van der Waals surface area contributed by atoms with Crippen LogP contribution < -0.4 is 5.32 Å². The summed E-state index contributed by atoms with van der Waals surface area (Å²) in [6, 6.07) is 22.4. The zero-order chi connectivity index (χ0) is 23.6. The van der Waals surface area contributed by atoms with E-state index in [1.165, 1.54) is 12.1 Å². The Labute approximate surface area is 198 Å². The average Bonchev–Trinajstić information content (AvgIpc) is 2.83. The van der Waals surface area contributed by atoms with Gasteiger partial charge in [-0.3, -0.25) is 4.79 Å². The van der Waals surface area contributed by atoms with Gasteiger partial charge >= 0.3 is 5.97 Å². The molecule has 0 unspecified atom stereocenters. The van der Waals surface area contributed by atoms with Crippen LogP contribution in [0.2, 0.25) is 0 Å². The molecule has 0 aliphatic heterocycles. The van der Waals surface area contributed by atoms with Gasteiger partial charge in [0.15, 0.2) is 0 Å². The lowest BCUT2D eigenvalue weighted by Gasteiger charge is -2.22. The summed E-state index contributed by atoms with van der Waals surface area (Å²) in [5.74, 6) is -2.24.